The Morgan fingerprint density at radius 2 is 0.948 bits per heavy atom. The minimum Gasteiger partial charge on any atom is -0.231 e. The summed E-state index contributed by atoms with van der Waals surface area (Å²) in [6.07, 6.45) is 0.416. The molecule has 0 aliphatic heterocycles. The molecule has 4 amide bonds. The third kappa shape index (κ3) is 17.3. The smallest absolute Gasteiger partial charge is 0.187 e. The third-order valence-electron chi connectivity index (χ3n) is 10.5. The number of nitrogens with one attached hydrogen (secondary N) is 6. The number of hydrogen-bond acceptors (Lipinski definition) is 25. The number of carbonyl (C=O) groups excluding carboxylic acids is 6. The van der Waals surface area contributed by atoms with Crippen molar-refractivity contribution in [1.82, 2.24) is 61.1 Å². The van der Waals surface area contributed by atoms with Gasteiger partial charge in [-0.05, 0) is 35.4 Å². The van der Waals surface area contributed by atoms with Crippen molar-refractivity contribution in [2.24, 2.45) is 5.50 Å². The summed E-state index contributed by atoms with van der Waals surface area (Å²) in [5.74, 6) is -8.34. The molecule has 33 heteroatoms. The van der Waals surface area contributed by atoms with E-state index in [0.717, 1.165) is 0 Å². The molecule has 406 valence electrons. The fourth-order valence-corrected chi connectivity index (χ4v) is 8.07. The molecule has 2 atom stereocenters. The summed E-state index contributed by atoms with van der Waals surface area (Å²) in [6.45, 7) is -0.163. The van der Waals surface area contributed by atoms with Gasteiger partial charge in [0, 0.05) is 13.1 Å². The molecule has 0 bridgehead atoms. The molecule has 77 heavy (non-hydrogen) atoms. The number of carboxylic acids is 2. The zero-order chi connectivity index (χ0) is 55.8. The van der Waals surface area contributed by atoms with Gasteiger partial charge in [0.2, 0.25) is 23.7 Å². The molecule has 0 fully saturated rings. The van der Waals surface area contributed by atoms with Crippen LogP contribution in [0, 0.1) is 0 Å². The fourth-order valence-electron chi connectivity index (χ4n) is 6.69. The number of amides is 4. The van der Waals surface area contributed by atoms with Crippen molar-refractivity contribution in [2.75, 3.05) is 35.2 Å². The van der Waals surface area contributed by atoms with Gasteiger partial charge in [-0.1, -0.05) is 24.3 Å². The van der Waals surface area contributed by atoms with Gasteiger partial charge in [-0.25, -0.2) is 19.9 Å². The number of nitrogens with two attached hydrogens (primary N) is 3. The zero-order valence-electron chi connectivity index (χ0n) is 40.1. The van der Waals surface area contributed by atoms with Gasteiger partial charge in [0.15, 0.2) is 22.3 Å². The molecule has 0 aliphatic carbocycles. The van der Waals surface area contributed by atoms with E-state index in [9.17, 15) is 58.8 Å². The first-order valence-electron chi connectivity index (χ1n) is 22.8. The summed E-state index contributed by atoms with van der Waals surface area (Å²) in [5.41, 5.74) is 18.7. The van der Waals surface area contributed by atoms with Crippen molar-refractivity contribution in [3.63, 3.8) is 0 Å². The van der Waals surface area contributed by atoms with Crippen molar-refractivity contribution < 1.29 is 67.8 Å². The van der Waals surface area contributed by atoms with Gasteiger partial charge in [0.25, 0.3) is 0 Å². The van der Waals surface area contributed by atoms with Crippen LogP contribution in [0.15, 0.2) is 60.9 Å². The number of benzene rings is 2. The van der Waals surface area contributed by atoms with Crippen LogP contribution in [0.25, 0.3) is 22.3 Å². The minimum atomic E-state index is -4.43. The minimum absolute atomic E-state index is 0.0358. The third-order valence-corrected chi connectivity index (χ3v) is 12.0. The standard InChI is InChI=1S/C44H49ClN17O14P/c45-77(48,75-31(65)13-15-49-29(63)11-9-25(41(71)72)55-37(67)23-5-1-21(2-6-23)17-51-27-19-53-35-33(57-27)39(69)61-43(46)59-35)76-32(66)14-16-50-30(64)12-10-26(42(73)74)56-38(68)24-7-3-22(4-8-24)18-52-28-20-54-36-34(58-28)40(70)62-44(47)60-36/h1-8,19-20,25-26,77H,9-18,48H2,(H,49,63)(H,50,64)(H,51,57)(H,52,58)(H,55,67)(H,56,68)(H,71,72)(H,73,74)(H3,46,53,59,61,69)(H3,47,54,60,62,70). The molecule has 2 aromatic carbocycles. The molecular weight excluding hydrogens is 1060 g/mol. The Kier molecular flexibility index (Phi) is 19.3. The number of carbonyl (C=O) groups is 8. The van der Waals surface area contributed by atoms with Crippen LogP contribution < -0.4 is 48.9 Å². The van der Waals surface area contributed by atoms with Gasteiger partial charge in [-0.2, -0.15) is 19.9 Å². The van der Waals surface area contributed by atoms with Crippen LogP contribution in [-0.2, 0) is 50.9 Å². The molecule has 0 radical (unpaired) electrons. The Balaban J connectivity index is 0.823. The summed E-state index contributed by atoms with van der Waals surface area (Å²) in [7, 11) is -4.43. The van der Waals surface area contributed by atoms with E-state index >= 15 is 0 Å². The molecule has 4 heterocycles. The van der Waals surface area contributed by atoms with Gasteiger partial charge in [0.1, 0.15) is 11.6 Å². The molecule has 0 saturated heterocycles. The van der Waals surface area contributed by atoms with Crippen molar-refractivity contribution in [2.45, 2.75) is 63.7 Å². The summed E-state index contributed by atoms with van der Waals surface area (Å²) < 4.78 is 9.80. The molecule has 0 saturated carbocycles. The number of carboxylic acid groups (broad SMARTS) is 2. The fraction of sp³-hybridized carbons (Fsp3) is 0.273. The molecule has 0 aliphatic rings. The molecule has 4 aromatic heterocycles. The van der Waals surface area contributed by atoms with Gasteiger partial charge < -0.3 is 32.3 Å². The number of anilines is 4. The largest absolute Gasteiger partial charge is 0.231 e. The number of aromatic hydroxyl groups is 2. The van der Waals surface area contributed by atoms with E-state index in [1.807, 2.05) is 0 Å². The molecule has 6 aromatic rings. The SMILES string of the molecule is Nc1nc(O)c2nc(NCc3ccc(C(=O)NC(CCC(=O)NCCC(=O)O[PH](N)(Cl)OC(=O)CCNC(=O)CCC(NC(=O)c4ccc(CNc5cnc6nc(N)nc(O)c6n5)cc4)C(=O)O)C(=O)O)cc3)cnc2n1. The average molecular weight is 1110 g/mol. The van der Waals surface area contributed by atoms with Crippen LogP contribution in [-0.4, -0.2) is 133 Å². The van der Waals surface area contributed by atoms with Gasteiger partial charge >= 0.3 is 225 Å². The Morgan fingerprint density at radius 3 is 1.31 bits per heavy atom. The maximum Gasteiger partial charge on any atom is 0.187 e. The Morgan fingerprint density at radius 1 is 0.571 bits per heavy atom. The van der Waals surface area contributed by atoms with E-state index in [-0.39, 0.29) is 97.2 Å². The Bertz CT molecular complexity index is 2990. The van der Waals surface area contributed by atoms with Crippen LogP contribution >= 0.6 is 18.5 Å². The van der Waals surface area contributed by atoms with Crippen molar-refractivity contribution in [3.8, 4) is 11.8 Å². The van der Waals surface area contributed by atoms with Crippen LogP contribution in [0.2, 0.25) is 0 Å². The topological polar surface area (TPSA) is 489 Å². The summed E-state index contributed by atoms with van der Waals surface area (Å²) >= 11 is 5.98. The first-order valence-corrected chi connectivity index (χ1v) is 25.7. The number of fused-ring (bicyclic) bond motifs is 2. The van der Waals surface area contributed by atoms with E-state index in [1.54, 1.807) is 24.3 Å². The second-order valence-electron chi connectivity index (χ2n) is 16.3. The van der Waals surface area contributed by atoms with Crippen LogP contribution in [0.3, 0.4) is 0 Å². The van der Waals surface area contributed by atoms with Gasteiger partial charge in [-0.3, -0.25) is 0 Å². The second-order valence-corrected chi connectivity index (χ2v) is 19.5. The normalized spacial score (nSPS) is 12.1. The molecule has 0 spiro atoms. The molecule has 6 rings (SSSR count). The van der Waals surface area contributed by atoms with Crippen LogP contribution in [0.5, 0.6) is 11.8 Å². The van der Waals surface area contributed by atoms with E-state index in [1.165, 1.54) is 36.7 Å². The first kappa shape index (κ1) is 56.8. The monoisotopic (exact) mass is 1110 g/mol. The summed E-state index contributed by atoms with van der Waals surface area (Å²) in [6, 6.07) is 9.36. The number of nitrogen functional groups attached to an aromatic ring is 2. The zero-order valence-corrected chi connectivity index (χ0v) is 41.8. The molecule has 16 N–H and O–H groups in total. The van der Waals surface area contributed by atoms with E-state index in [0.29, 0.717) is 22.8 Å². The van der Waals surface area contributed by atoms with Crippen LogP contribution in [0.1, 0.15) is 70.4 Å². The quantitative estimate of drug-likeness (QED) is 0.0325. The van der Waals surface area contributed by atoms with Crippen molar-refractivity contribution in [1.29, 1.82) is 0 Å². The van der Waals surface area contributed by atoms with Crippen LogP contribution in [0.4, 0.5) is 23.5 Å². The number of hydrogen-bond donors (Lipinski definition) is 13. The van der Waals surface area contributed by atoms with Gasteiger partial charge in [0.05, 0.1) is 12.4 Å². The first-order chi connectivity index (χ1) is 36.6. The predicted molar refractivity (Wildman–Crippen MR) is 272 cm³/mol. The maximum atomic E-state index is 12.9. The maximum absolute atomic E-state index is 12.9. The Labute approximate surface area is 438 Å². The predicted octanol–water partition coefficient (Wildman–Crippen LogP) is 0.286. The number of halogens is 1. The molecule has 31 nitrogen and oxygen atoms in total. The van der Waals surface area contributed by atoms with Crippen molar-refractivity contribution >= 4 is 112 Å². The second kappa shape index (κ2) is 26.1. The molecular formula is C44H49ClN17O14P. The van der Waals surface area contributed by atoms with Gasteiger partial charge in [-0.15, -0.1) is 0 Å². The number of nitrogens with zero attached hydrogens (tertiary/aromatic N) is 8. The van der Waals surface area contributed by atoms with E-state index in [2.05, 4.69) is 71.8 Å². The van der Waals surface area contributed by atoms with E-state index < -0.39 is 91.4 Å². The summed E-state index contributed by atoms with van der Waals surface area (Å²) in [5, 5.41) is 54.9. The molecule has 2 unspecified atom stereocenters. The summed E-state index contributed by atoms with van der Waals surface area (Å²) in [4.78, 5) is 131. The number of aliphatic carboxylic acids is 2. The number of rotatable bonds is 26. The van der Waals surface area contributed by atoms with E-state index in [4.69, 9.17) is 37.3 Å². The van der Waals surface area contributed by atoms with Crippen molar-refractivity contribution in [3.05, 3.63) is 83.2 Å². The average Bonchev–Trinajstić information content (AvgIpc) is 3.37. The Hall–Kier alpha value is -9.48. The number of aromatic nitrogens is 8.